The zero-order valence-electron chi connectivity index (χ0n) is 10.8. The maximum absolute atomic E-state index is 5.84. The summed E-state index contributed by atoms with van der Waals surface area (Å²) in [5, 5.41) is 4.80. The molecule has 17 heavy (non-hydrogen) atoms. The highest BCUT2D eigenvalue weighted by Gasteiger charge is 2.17. The Hall–Kier alpha value is -0.720. The lowest BCUT2D eigenvalue weighted by Gasteiger charge is -2.29. The smallest absolute Gasteiger partial charge is 0.132 e. The molecule has 0 unspecified atom stereocenters. The molecule has 0 spiro atoms. The highest BCUT2D eigenvalue weighted by molar-refractivity contribution is 7.09. The van der Waals surface area contributed by atoms with Gasteiger partial charge in [-0.2, -0.15) is 0 Å². The van der Waals surface area contributed by atoms with E-state index in [2.05, 4.69) is 28.3 Å². The van der Waals surface area contributed by atoms with Gasteiger partial charge in [-0.25, -0.2) is 0 Å². The van der Waals surface area contributed by atoms with Crippen LogP contribution in [0.2, 0.25) is 0 Å². The van der Waals surface area contributed by atoms with Crippen LogP contribution >= 0.6 is 11.5 Å². The molecule has 0 amide bonds. The van der Waals surface area contributed by atoms with Crippen molar-refractivity contribution >= 4 is 16.5 Å². The van der Waals surface area contributed by atoms with Crippen molar-refractivity contribution in [3.05, 3.63) is 5.69 Å². The molecular formula is C11H22N4OS. The molecule has 0 aromatic carbocycles. The largest absolute Gasteiger partial charge is 0.388 e. The second-order valence-corrected chi connectivity index (χ2v) is 4.80. The van der Waals surface area contributed by atoms with Gasteiger partial charge >= 0.3 is 0 Å². The lowest BCUT2D eigenvalue weighted by Crippen LogP contribution is -2.36. The molecule has 1 rings (SSSR count). The zero-order chi connectivity index (χ0) is 12.7. The van der Waals surface area contributed by atoms with Crippen LogP contribution in [0.1, 0.15) is 32.4 Å². The maximum Gasteiger partial charge on any atom is 0.132 e. The van der Waals surface area contributed by atoms with E-state index in [1.165, 1.54) is 11.5 Å². The molecule has 0 saturated carbocycles. The third-order valence-corrected chi connectivity index (χ3v) is 3.58. The number of hydrogen-bond donors (Lipinski definition) is 1. The number of ether oxygens (including phenoxy) is 1. The molecule has 0 atom stereocenters. The van der Waals surface area contributed by atoms with Crippen molar-refractivity contribution in [2.24, 2.45) is 0 Å². The van der Waals surface area contributed by atoms with Gasteiger partial charge in [0.05, 0.1) is 6.61 Å². The van der Waals surface area contributed by atoms with Crippen LogP contribution in [-0.4, -0.2) is 40.8 Å². The number of anilines is 1. The monoisotopic (exact) mass is 258 g/mol. The van der Waals surface area contributed by atoms with E-state index in [0.29, 0.717) is 6.04 Å². The van der Waals surface area contributed by atoms with Gasteiger partial charge < -0.3 is 10.5 Å². The van der Waals surface area contributed by atoms with Crippen molar-refractivity contribution < 1.29 is 4.74 Å². The first kappa shape index (κ1) is 14.3. The van der Waals surface area contributed by atoms with E-state index < -0.39 is 0 Å². The number of nitrogen functional groups attached to an aromatic ring is 1. The lowest BCUT2D eigenvalue weighted by atomic mass is 10.1. The van der Waals surface area contributed by atoms with Crippen LogP contribution in [0.25, 0.3) is 0 Å². The van der Waals surface area contributed by atoms with Gasteiger partial charge in [-0.1, -0.05) is 18.3 Å². The fraction of sp³-hybridized carbons (Fsp3) is 0.818. The average Bonchev–Trinajstić information content (AvgIpc) is 2.73. The SMILES string of the molecule is CCC(CC)N(CCOC)Cc1nnsc1N. The molecule has 98 valence electrons. The second-order valence-electron chi connectivity index (χ2n) is 4.02. The van der Waals surface area contributed by atoms with Crippen molar-refractivity contribution in [1.29, 1.82) is 0 Å². The van der Waals surface area contributed by atoms with Crippen LogP contribution in [0.3, 0.4) is 0 Å². The highest BCUT2D eigenvalue weighted by atomic mass is 32.1. The Labute approximate surface area is 107 Å². The molecule has 5 nitrogen and oxygen atoms in total. The first-order valence-corrected chi connectivity index (χ1v) is 6.79. The number of methoxy groups -OCH3 is 1. The Balaban J connectivity index is 2.65. The first-order valence-electron chi connectivity index (χ1n) is 6.02. The number of hydrogen-bond acceptors (Lipinski definition) is 6. The van der Waals surface area contributed by atoms with E-state index in [0.717, 1.165) is 43.2 Å². The van der Waals surface area contributed by atoms with Gasteiger partial charge in [0, 0.05) is 37.8 Å². The lowest BCUT2D eigenvalue weighted by molar-refractivity contribution is 0.109. The van der Waals surface area contributed by atoms with Gasteiger partial charge in [-0.3, -0.25) is 4.90 Å². The van der Waals surface area contributed by atoms with E-state index >= 15 is 0 Å². The van der Waals surface area contributed by atoms with E-state index in [4.69, 9.17) is 10.5 Å². The highest BCUT2D eigenvalue weighted by Crippen LogP contribution is 2.18. The molecule has 0 bridgehead atoms. The van der Waals surface area contributed by atoms with Crippen molar-refractivity contribution in [2.75, 3.05) is 26.0 Å². The fourth-order valence-electron chi connectivity index (χ4n) is 1.92. The topological polar surface area (TPSA) is 64.3 Å². The summed E-state index contributed by atoms with van der Waals surface area (Å²) in [6, 6.07) is 0.547. The molecule has 1 heterocycles. The molecule has 0 radical (unpaired) electrons. The standard InChI is InChI=1S/C11H22N4OS/c1-4-9(5-2)15(6-7-16-3)8-10-11(12)17-14-13-10/h9H,4-8,12H2,1-3H3. The second kappa shape index (κ2) is 7.58. The molecular weight excluding hydrogens is 236 g/mol. The minimum Gasteiger partial charge on any atom is -0.388 e. The summed E-state index contributed by atoms with van der Waals surface area (Å²) >= 11 is 1.26. The number of nitrogens with zero attached hydrogens (tertiary/aromatic N) is 3. The molecule has 2 N–H and O–H groups in total. The molecule has 1 aromatic heterocycles. The average molecular weight is 258 g/mol. The Morgan fingerprint density at radius 1 is 1.41 bits per heavy atom. The van der Waals surface area contributed by atoms with E-state index in [1.807, 2.05) is 0 Å². The third kappa shape index (κ3) is 4.22. The molecule has 0 aliphatic carbocycles. The Bertz CT molecular complexity index is 314. The summed E-state index contributed by atoms with van der Waals surface area (Å²) in [7, 11) is 1.73. The minimum absolute atomic E-state index is 0.547. The third-order valence-electron chi connectivity index (χ3n) is 2.98. The summed E-state index contributed by atoms with van der Waals surface area (Å²) in [5.41, 5.74) is 6.72. The predicted octanol–water partition coefficient (Wildman–Crippen LogP) is 1.76. The fourth-order valence-corrected chi connectivity index (χ4v) is 2.36. The predicted molar refractivity (Wildman–Crippen MR) is 71.0 cm³/mol. The molecule has 6 heteroatoms. The van der Waals surface area contributed by atoms with Gasteiger partial charge in [-0.05, 0) is 12.8 Å². The van der Waals surface area contributed by atoms with Crippen molar-refractivity contribution in [3.63, 3.8) is 0 Å². The maximum atomic E-state index is 5.84. The van der Waals surface area contributed by atoms with Crippen LogP contribution in [0.4, 0.5) is 5.00 Å². The van der Waals surface area contributed by atoms with Crippen molar-refractivity contribution in [1.82, 2.24) is 14.5 Å². The zero-order valence-corrected chi connectivity index (χ0v) is 11.7. The number of aromatic nitrogens is 2. The van der Waals surface area contributed by atoms with Gasteiger partial charge in [0.15, 0.2) is 0 Å². The molecule has 0 fully saturated rings. The van der Waals surface area contributed by atoms with E-state index in [-0.39, 0.29) is 0 Å². The van der Waals surface area contributed by atoms with Gasteiger partial charge in [0.1, 0.15) is 10.7 Å². The Kier molecular flexibility index (Phi) is 6.39. The molecule has 0 saturated heterocycles. The summed E-state index contributed by atoms with van der Waals surface area (Å²) in [4.78, 5) is 2.37. The van der Waals surface area contributed by atoms with Gasteiger partial charge in [0.2, 0.25) is 0 Å². The van der Waals surface area contributed by atoms with E-state index in [1.54, 1.807) is 7.11 Å². The van der Waals surface area contributed by atoms with Gasteiger partial charge in [0.25, 0.3) is 0 Å². The first-order chi connectivity index (χ1) is 8.22. The van der Waals surface area contributed by atoms with Crippen LogP contribution in [0.15, 0.2) is 0 Å². The minimum atomic E-state index is 0.547. The molecule has 1 aromatic rings. The number of rotatable bonds is 8. The molecule has 0 aliphatic rings. The summed E-state index contributed by atoms with van der Waals surface area (Å²) in [5.74, 6) is 0. The number of nitrogens with two attached hydrogens (primary N) is 1. The normalized spacial score (nSPS) is 11.6. The van der Waals surface area contributed by atoms with E-state index in [9.17, 15) is 0 Å². The summed E-state index contributed by atoms with van der Waals surface area (Å²) in [6.45, 7) is 6.80. The Morgan fingerprint density at radius 2 is 2.12 bits per heavy atom. The summed E-state index contributed by atoms with van der Waals surface area (Å²) < 4.78 is 9.03. The summed E-state index contributed by atoms with van der Waals surface area (Å²) in [6.07, 6.45) is 2.25. The molecule has 0 aliphatic heterocycles. The quantitative estimate of drug-likeness (QED) is 0.769. The van der Waals surface area contributed by atoms with Crippen molar-refractivity contribution in [3.8, 4) is 0 Å². The van der Waals surface area contributed by atoms with Crippen LogP contribution < -0.4 is 5.73 Å². The van der Waals surface area contributed by atoms with Crippen molar-refractivity contribution in [2.45, 2.75) is 39.3 Å². The van der Waals surface area contributed by atoms with Crippen LogP contribution in [0.5, 0.6) is 0 Å². The van der Waals surface area contributed by atoms with Crippen LogP contribution in [0, 0.1) is 0 Å². The Morgan fingerprint density at radius 3 is 2.59 bits per heavy atom. The van der Waals surface area contributed by atoms with Gasteiger partial charge in [-0.15, -0.1) is 5.10 Å². The van der Waals surface area contributed by atoms with Crippen LogP contribution in [-0.2, 0) is 11.3 Å².